The van der Waals surface area contributed by atoms with Gasteiger partial charge in [-0.05, 0) is 50.8 Å². The molecular weight excluding hydrogens is 329 g/mol. The maximum absolute atomic E-state index is 14.1. The molecular formula is C21H30FN3O. The van der Waals surface area contributed by atoms with Crippen molar-refractivity contribution in [1.29, 1.82) is 0 Å². The molecule has 1 atom stereocenters. The smallest absolute Gasteiger partial charge is 0.126 e. The quantitative estimate of drug-likeness (QED) is 0.822. The number of halogens is 1. The van der Waals surface area contributed by atoms with E-state index in [9.17, 15) is 9.50 Å². The van der Waals surface area contributed by atoms with E-state index in [-0.39, 0.29) is 17.8 Å². The van der Waals surface area contributed by atoms with E-state index in [0.717, 1.165) is 51.1 Å². The summed E-state index contributed by atoms with van der Waals surface area (Å²) in [5, 5.41) is 14.7. The Hall–Kier alpha value is -1.72. The van der Waals surface area contributed by atoms with Gasteiger partial charge in [-0.25, -0.2) is 4.39 Å². The number of aryl methyl sites for hydroxylation is 2. The standard InChI is InChI=1S/C21H30FN3O/c1-3-10-25-14-19(17(2)23-25)13-24-11-6-9-21(15-24,16-26)12-18-7-4-5-8-20(18)22/h4-5,7-8,14,26H,3,6,9-13,15-16H2,1-2H3/t21-/m0/s1. The highest BCUT2D eigenvalue weighted by atomic mass is 19.1. The van der Waals surface area contributed by atoms with Gasteiger partial charge in [0.2, 0.25) is 0 Å². The summed E-state index contributed by atoms with van der Waals surface area (Å²) in [5.41, 5.74) is 2.76. The number of piperidine rings is 1. The third kappa shape index (κ3) is 4.33. The second kappa shape index (κ2) is 8.31. The molecule has 0 spiro atoms. The van der Waals surface area contributed by atoms with Crippen molar-refractivity contribution in [2.24, 2.45) is 5.41 Å². The van der Waals surface area contributed by atoms with E-state index in [4.69, 9.17) is 0 Å². The number of likely N-dealkylation sites (tertiary alicyclic amines) is 1. The summed E-state index contributed by atoms with van der Waals surface area (Å²) in [5.74, 6) is -0.172. The molecule has 1 aromatic heterocycles. The molecule has 2 heterocycles. The van der Waals surface area contributed by atoms with Gasteiger partial charge in [-0.2, -0.15) is 5.10 Å². The van der Waals surface area contributed by atoms with Crippen molar-refractivity contribution in [3.05, 3.63) is 53.1 Å². The van der Waals surface area contributed by atoms with E-state index in [1.54, 1.807) is 6.07 Å². The van der Waals surface area contributed by atoms with Crippen molar-refractivity contribution in [1.82, 2.24) is 14.7 Å². The van der Waals surface area contributed by atoms with Crippen molar-refractivity contribution in [3.63, 3.8) is 0 Å². The minimum atomic E-state index is -0.270. The molecule has 2 aromatic rings. The van der Waals surface area contributed by atoms with Gasteiger partial charge in [-0.3, -0.25) is 9.58 Å². The summed E-state index contributed by atoms with van der Waals surface area (Å²) in [4.78, 5) is 2.39. The van der Waals surface area contributed by atoms with Crippen LogP contribution in [0.3, 0.4) is 0 Å². The summed E-state index contributed by atoms with van der Waals surface area (Å²) in [6.45, 7) is 7.88. The number of aliphatic hydroxyl groups is 1. The fourth-order valence-electron chi connectivity index (χ4n) is 4.12. The summed E-state index contributed by atoms with van der Waals surface area (Å²) in [6, 6.07) is 6.93. The first-order chi connectivity index (χ1) is 12.5. The number of hydrogen-bond donors (Lipinski definition) is 1. The van der Waals surface area contributed by atoms with E-state index < -0.39 is 0 Å². The van der Waals surface area contributed by atoms with E-state index in [2.05, 4.69) is 30.0 Å². The van der Waals surface area contributed by atoms with Gasteiger partial charge in [-0.15, -0.1) is 0 Å². The van der Waals surface area contributed by atoms with Crippen LogP contribution in [0.2, 0.25) is 0 Å². The molecule has 0 unspecified atom stereocenters. The van der Waals surface area contributed by atoms with Gasteiger partial charge in [0, 0.05) is 36.8 Å². The molecule has 1 fully saturated rings. The lowest BCUT2D eigenvalue weighted by molar-refractivity contribution is 0.0282. The van der Waals surface area contributed by atoms with Gasteiger partial charge in [0.05, 0.1) is 12.3 Å². The fraction of sp³-hybridized carbons (Fsp3) is 0.571. The van der Waals surface area contributed by atoms with Crippen LogP contribution >= 0.6 is 0 Å². The number of hydrogen-bond acceptors (Lipinski definition) is 3. The van der Waals surface area contributed by atoms with Gasteiger partial charge in [0.25, 0.3) is 0 Å². The van der Waals surface area contributed by atoms with E-state index in [1.807, 2.05) is 16.8 Å². The normalized spacial score (nSPS) is 21.2. The minimum Gasteiger partial charge on any atom is -0.396 e. The molecule has 3 rings (SSSR count). The molecule has 0 amide bonds. The second-order valence-electron chi connectivity index (χ2n) is 7.74. The van der Waals surface area contributed by atoms with Crippen LogP contribution in [-0.2, 0) is 19.5 Å². The minimum absolute atomic E-state index is 0.0892. The molecule has 0 bridgehead atoms. The lowest BCUT2D eigenvalue weighted by atomic mass is 9.75. The highest BCUT2D eigenvalue weighted by molar-refractivity contribution is 5.20. The number of aromatic nitrogens is 2. The lowest BCUT2D eigenvalue weighted by Gasteiger charge is -2.42. The molecule has 142 valence electrons. The highest BCUT2D eigenvalue weighted by Crippen LogP contribution is 2.34. The second-order valence-corrected chi connectivity index (χ2v) is 7.74. The first-order valence-corrected chi connectivity index (χ1v) is 9.65. The molecule has 1 aliphatic rings. The Morgan fingerprint density at radius 2 is 2.08 bits per heavy atom. The van der Waals surface area contributed by atoms with Crippen LogP contribution in [0.25, 0.3) is 0 Å². The van der Waals surface area contributed by atoms with Crippen LogP contribution in [0.1, 0.15) is 43.0 Å². The summed E-state index contributed by atoms with van der Waals surface area (Å²) in [7, 11) is 0. The number of rotatable bonds is 7. The zero-order valence-electron chi connectivity index (χ0n) is 15.9. The van der Waals surface area contributed by atoms with Crippen LogP contribution < -0.4 is 0 Å². The average molecular weight is 359 g/mol. The van der Waals surface area contributed by atoms with Crippen LogP contribution in [0.4, 0.5) is 4.39 Å². The van der Waals surface area contributed by atoms with Crippen molar-refractivity contribution in [2.75, 3.05) is 19.7 Å². The third-order valence-corrected chi connectivity index (χ3v) is 5.49. The SMILES string of the molecule is CCCn1cc(CN2CCC[C@](CO)(Cc3ccccc3F)C2)c(C)n1. The number of benzene rings is 1. The summed E-state index contributed by atoms with van der Waals surface area (Å²) >= 11 is 0. The number of aliphatic hydroxyl groups excluding tert-OH is 1. The average Bonchev–Trinajstić information content (AvgIpc) is 2.97. The number of nitrogens with zero attached hydrogens (tertiary/aromatic N) is 3. The van der Waals surface area contributed by atoms with Crippen molar-refractivity contribution in [2.45, 2.75) is 52.6 Å². The molecule has 0 radical (unpaired) electrons. The van der Waals surface area contributed by atoms with Gasteiger partial charge < -0.3 is 5.11 Å². The van der Waals surface area contributed by atoms with Crippen LogP contribution in [0.5, 0.6) is 0 Å². The van der Waals surface area contributed by atoms with Gasteiger partial charge in [0.1, 0.15) is 5.82 Å². The Labute approximate surface area is 155 Å². The topological polar surface area (TPSA) is 41.3 Å². The van der Waals surface area contributed by atoms with Gasteiger partial charge >= 0.3 is 0 Å². The maximum Gasteiger partial charge on any atom is 0.126 e. The molecule has 1 saturated heterocycles. The van der Waals surface area contributed by atoms with Gasteiger partial charge in [0.15, 0.2) is 0 Å². The molecule has 1 aromatic carbocycles. The zero-order chi connectivity index (χ0) is 18.6. The van der Waals surface area contributed by atoms with E-state index in [1.165, 1.54) is 11.6 Å². The van der Waals surface area contributed by atoms with Crippen LogP contribution in [-0.4, -0.2) is 39.5 Å². The Morgan fingerprint density at radius 1 is 1.27 bits per heavy atom. The first-order valence-electron chi connectivity index (χ1n) is 9.65. The predicted octanol–water partition coefficient (Wildman–Crippen LogP) is 3.56. The maximum atomic E-state index is 14.1. The Bertz CT molecular complexity index is 730. The van der Waals surface area contributed by atoms with E-state index in [0.29, 0.717) is 12.0 Å². The Kier molecular flexibility index (Phi) is 6.09. The van der Waals surface area contributed by atoms with Crippen LogP contribution in [0.15, 0.2) is 30.5 Å². The molecule has 5 heteroatoms. The lowest BCUT2D eigenvalue weighted by Crippen LogP contribution is -2.46. The first kappa shape index (κ1) is 19.1. The highest BCUT2D eigenvalue weighted by Gasteiger charge is 2.36. The third-order valence-electron chi connectivity index (χ3n) is 5.49. The Balaban J connectivity index is 1.72. The summed E-state index contributed by atoms with van der Waals surface area (Å²) < 4.78 is 16.1. The largest absolute Gasteiger partial charge is 0.396 e. The van der Waals surface area contributed by atoms with Crippen molar-refractivity contribution in [3.8, 4) is 0 Å². The van der Waals surface area contributed by atoms with Crippen LogP contribution in [0, 0.1) is 18.2 Å². The molecule has 1 N–H and O–H groups in total. The molecule has 1 aliphatic heterocycles. The Morgan fingerprint density at radius 3 is 2.81 bits per heavy atom. The van der Waals surface area contributed by atoms with E-state index >= 15 is 0 Å². The van der Waals surface area contributed by atoms with Crippen molar-refractivity contribution >= 4 is 0 Å². The predicted molar refractivity (Wildman–Crippen MR) is 101 cm³/mol. The van der Waals surface area contributed by atoms with Gasteiger partial charge in [-0.1, -0.05) is 25.1 Å². The fourth-order valence-corrected chi connectivity index (χ4v) is 4.12. The zero-order valence-corrected chi connectivity index (χ0v) is 15.9. The molecule has 26 heavy (non-hydrogen) atoms. The monoisotopic (exact) mass is 359 g/mol. The molecule has 0 aliphatic carbocycles. The molecule has 0 saturated carbocycles. The van der Waals surface area contributed by atoms with Crippen molar-refractivity contribution < 1.29 is 9.50 Å². The molecule has 4 nitrogen and oxygen atoms in total. The summed E-state index contributed by atoms with van der Waals surface area (Å²) in [6.07, 6.45) is 5.76.